The second-order valence-corrected chi connectivity index (χ2v) is 3.43. The van der Waals surface area contributed by atoms with Crippen LogP contribution in [-0.2, 0) is 6.42 Å². The van der Waals surface area contributed by atoms with Gasteiger partial charge in [-0.05, 0) is 25.5 Å². The Balaban J connectivity index is 2.88. The van der Waals surface area contributed by atoms with Crippen LogP contribution in [0.15, 0.2) is 18.2 Å². The number of aromatic carboxylic acids is 1. The topological polar surface area (TPSA) is 54.6 Å². The normalized spacial score (nSPS) is 10.8. The van der Waals surface area contributed by atoms with Crippen LogP contribution < -0.4 is 0 Å². The van der Waals surface area contributed by atoms with Gasteiger partial charge in [0.2, 0.25) is 0 Å². The first-order valence-electron chi connectivity index (χ1n) is 4.85. The van der Waals surface area contributed by atoms with Crippen LogP contribution in [0.1, 0.15) is 28.8 Å². The minimum absolute atomic E-state index is 0.283. The number of fused-ring (bicyclic) bond motifs is 1. The number of rotatable bonds is 2. The summed E-state index contributed by atoms with van der Waals surface area (Å²) < 4.78 is 1.68. The van der Waals surface area contributed by atoms with Crippen LogP contribution in [0.4, 0.5) is 0 Å². The SMILES string of the molecule is CCc1nc2cccc(C)n2c1C(=O)O. The Hall–Kier alpha value is -1.84. The number of aromatic nitrogens is 2. The van der Waals surface area contributed by atoms with Gasteiger partial charge >= 0.3 is 5.97 Å². The third-order valence-electron chi connectivity index (χ3n) is 2.45. The minimum atomic E-state index is -0.923. The van der Waals surface area contributed by atoms with Crippen molar-refractivity contribution in [3.63, 3.8) is 0 Å². The van der Waals surface area contributed by atoms with Crippen molar-refractivity contribution in [2.45, 2.75) is 20.3 Å². The number of carboxylic acid groups (broad SMARTS) is 1. The highest BCUT2D eigenvalue weighted by atomic mass is 16.4. The summed E-state index contributed by atoms with van der Waals surface area (Å²) in [4.78, 5) is 15.4. The molecule has 2 heterocycles. The van der Waals surface area contributed by atoms with Crippen molar-refractivity contribution in [3.05, 3.63) is 35.3 Å². The van der Waals surface area contributed by atoms with Gasteiger partial charge in [-0.25, -0.2) is 9.78 Å². The van der Waals surface area contributed by atoms with Gasteiger partial charge in [-0.15, -0.1) is 0 Å². The minimum Gasteiger partial charge on any atom is -0.477 e. The van der Waals surface area contributed by atoms with E-state index in [1.54, 1.807) is 4.40 Å². The molecule has 2 aromatic heterocycles. The zero-order valence-corrected chi connectivity index (χ0v) is 8.69. The lowest BCUT2D eigenvalue weighted by Crippen LogP contribution is -2.06. The molecule has 0 saturated heterocycles. The molecule has 4 heteroatoms. The quantitative estimate of drug-likeness (QED) is 0.812. The van der Waals surface area contributed by atoms with E-state index in [1.807, 2.05) is 32.0 Å². The van der Waals surface area contributed by atoms with E-state index in [0.717, 1.165) is 5.69 Å². The number of carboxylic acids is 1. The summed E-state index contributed by atoms with van der Waals surface area (Å²) in [5.41, 5.74) is 2.50. The molecule has 4 nitrogen and oxygen atoms in total. The second-order valence-electron chi connectivity index (χ2n) is 3.43. The van der Waals surface area contributed by atoms with Crippen molar-refractivity contribution in [1.29, 1.82) is 0 Å². The van der Waals surface area contributed by atoms with Gasteiger partial charge in [0.25, 0.3) is 0 Å². The maximum atomic E-state index is 11.1. The standard InChI is InChI=1S/C11H12N2O2/c1-3-8-10(11(14)15)13-7(2)5-4-6-9(13)12-8/h4-6H,3H2,1-2H3,(H,14,15). The van der Waals surface area contributed by atoms with Crippen LogP contribution in [0.2, 0.25) is 0 Å². The number of hydrogen-bond acceptors (Lipinski definition) is 2. The van der Waals surface area contributed by atoms with Gasteiger partial charge in [0.05, 0.1) is 5.69 Å². The summed E-state index contributed by atoms with van der Waals surface area (Å²) in [6.45, 7) is 3.78. The maximum absolute atomic E-state index is 11.1. The fraction of sp³-hybridized carbons (Fsp3) is 0.273. The van der Waals surface area contributed by atoms with Crippen LogP contribution in [-0.4, -0.2) is 20.5 Å². The fourth-order valence-corrected chi connectivity index (χ4v) is 1.77. The average molecular weight is 204 g/mol. The van der Waals surface area contributed by atoms with E-state index < -0.39 is 5.97 Å². The molecular weight excluding hydrogens is 192 g/mol. The van der Waals surface area contributed by atoms with Gasteiger partial charge in [0.15, 0.2) is 5.69 Å². The van der Waals surface area contributed by atoms with Crippen LogP contribution in [0.3, 0.4) is 0 Å². The molecule has 0 fully saturated rings. The number of imidazole rings is 1. The van der Waals surface area contributed by atoms with Crippen LogP contribution in [0, 0.1) is 6.92 Å². The number of hydrogen-bond donors (Lipinski definition) is 1. The molecule has 0 aliphatic heterocycles. The lowest BCUT2D eigenvalue weighted by molar-refractivity contribution is 0.0688. The summed E-state index contributed by atoms with van der Waals surface area (Å²) in [7, 11) is 0. The molecule has 0 bridgehead atoms. The predicted molar refractivity (Wildman–Crippen MR) is 56.3 cm³/mol. The molecule has 15 heavy (non-hydrogen) atoms. The molecule has 0 saturated carbocycles. The second kappa shape index (κ2) is 3.38. The Labute approximate surface area is 87.2 Å². The van der Waals surface area contributed by atoms with E-state index in [2.05, 4.69) is 4.98 Å². The Kier molecular flexibility index (Phi) is 2.19. The van der Waals surface area contributed by atoms with E-state index in [9.17, 15) is 4.79 Å². The smallest absolute Gasteiger partial charge is 0.354 e. The zero-order chi connectivity index (χ0) is 11.0. The summed E-state index contributed by atoms with van der Waals surface area (Å²) in [6, 6.07) is 5.57. The molecule has 78 valence electrons. The zero-order valence-electron chi connectivity index (χ0n) is 8.69. The lowest BCUT2D eigenvalue weighted by atomic mass is 10.2. The van der Waals surface area contributed by atoms with E-state index in [1.165, 1.54) is 0 Å². The predicted octanol–water partition coefficient (Wildman–Crippen LogP) is 1.90. The molecule has 2 rings (SSSR count). The molecule has 0 aromatic carbocycles. The van der Waals surface area contributed by atoms with Crippen molar-refractivity contribution in [2.24, 2.45) is 0 Å². The number of nitrogens with zero attached hydrogens (tertiary/aromatic N) is 2. The van der Waals surface area contributed by atoms with E-state index in [0.29, 0.717) is 17.8 Å². The maximum Gasteiger partial charge on any atom is 0.354 e. The molecule has 0 aliphatic carbocycles. The average Bonchev–Trinajstić information content (AvgIpc) is 2.57. The number of pyridine rings is 1. The van der Waals surface area contributed by atoms with Crippen molar-refractivity contribution in [2.75, 3.05) is 0 Å². The van der Waals surface area contributed by atoms with Crippen molar-refractivity contribution < 1.29 is 9.90 Å². The lowest BCUT2D eigenvalue weighted by Gasteiger charge is -2.01. The highest BCUT2D eigenvalue weighted by Crippen LogP contribution is 2.15. The van der Waals surface area contributed by atoms with Gasteiger partial charge < -0.3 is 5.11 Å². The molecule has 0 unspecified atom stereocenters. The monoisotopic (exact) mass is 204 g/mol. The molecule has 0 amide bonds. The molecule has 0 spiro atoms. The van der Waals surface area contributed by atoms with E-state index >= 15 is 0 Å². The van der Waals surface area contributed by atoms with E-state index in [4.69, 9.17) is 5.11 Å². The van der Waals surface area contributed by atoms with Gasteiger partial charge in [-0.2, -0.15) is 0 Å². The van der Waals surface area contributed by atoms with Crippen molar-refractivity contribution in [3.8, 4) is 0 Å². The molecule has 0 aliphatic rings. The van der Waals surface area contributed by atoms with Crippen molar-refractivity contribution >= 4 is 11.6 Å². The highest BCUT2D eigenvalue weighted by Gasteiger charge is 2.17. The van der Waals surface area contributed by atoms with Gasteiger partial charge in [0.1, 0.15) is 5.65 Å². The third-order valence-corrected chi connectivity index (χ3v) is 2.45. The summed E-state index contributed by atoms with van der Waals surface area (Å²) >= 11 is 0. The summed E-state index contributed by atoms with van der Waals surface area (Å²) in [6.07, 6.45) is 0.628. The summed E-state index contributed by atoms with van der Waals surface area (Å²) in [5.74, 6) is -0.923. The Morgan fingerprint density at radius 1 is 1.53 bits per heavy atom. The number of aryl methyl sites for hydroxylation is 2. The largest absolute Gasteiger partial charge is 0.477 e. The molecule has 1 N–H and O–H groups in total. The molecule has 0 radical (unpaired) electrons. The first-order valence-corrected chi connectivity index (χ1v) is 4.85. The first kappa shape index (κ1) is 9.71. The van der Waals surface area contributed by atoms with Gasteiger partial charge in [-0.1, -0.05) is 13.0 Å². The Morgan fingerprint density at radius 3 is 2.87 bits per heavy atom. The Bertz CT molecular complexity index is 529. The van der Waals surface area contributed by atoms with E-state index in [-0.39, 0.29) is 5.69 Å². The fourth-order valence-electron chi connectivity index (χ4n) is 1.77. The van der Waals surface area contributed by atoms with Crippen LogP contribution in [0.5, 0.6) is 0 Å². The first-order chi connectivity index (χ1) is 7.15. The van der Waals surface area contributed by atoms with Gasteiger partial charge in [-0.3, -0.25) is 4.40 Å². The Morgan fingerprint density at radius 2 is 2.27 bits per heavy atom. The van der Waals surface area contributed by atoms with Gasteiger partial charge in [0, 0.05) is 5.69 Å². The molecule has 2 aromatic rings. The van der Waals surface area contributed by atoms with Crippen molar-refractivity contribution in [1.82, 2.24) is 9.38 Å². The van der Waals surface area contributed by atoms with Crippen LogP contribution in [0.25, 0.3) is 5.65 Å². The molecular formula is C11H12N2O2. The van der Waals surface area contributed by atoms with Crippen LogP contribution >= 0.6 is 0 Å². The third kappa shape index (κ3) is 1.38. The highest BCUT2D eigenvalue weighted by molar-refractivity contribution is 5.88. The summed E-state index contributed by atoms with van der Waals surface area (Å²) in [5, 5.41) is 9.15. The molecule has 0 atom stereocenters. The number of carbonyl (C=O) groups is 1.